The van der Waals surface area contributed by atoms with Crippen molar-refractivity contribution in [3.63, 3.8) is 0 Å². The third-order valence-electron chi connectivity index (χ3n) is 2.99. The van der Waals surface area contributed by atoms with E-state index < -0.39 is 17.7 Å². The first-order chi connectivity index (χ1) is 10.0. The molecule has 112 valence electrons. The van der Waals surface area contributed by atoms with Crippen molar-refractivity contribution < 1.29 is 13.2 Å². The smallest absolute Gasteiger partial charge is 0.145 e. The van der Waals surface area contributed by atoms with Gasteiger partial charge in [-0.1, -0.05) is 6.07 Å². The molecule has 1 unspecified atom stereocenters. The summed E-state index contributed by atoms with van der Waals surface area (Å²) in [5.74, 6) is -1.17. The van der Waals surface area contributed by atoms with E-state index in [0.29, 0.717) is 10.6 Å². The van der Waals surface area contributed by atoms with Crippen LogP contribution >= 0.6 is 27.7 Å². The van der Waals surface area contributed by atoms with Gasteiger partial charge in [-0.2, -0.15) is 0 Å². The lowest BCUT2D eigenvalue weighted by Crippen LogP contribution is -2.21. The van der Waals surface area contributed by atoms with Crippen molar-refractivity contribution in [1.82, 2.24) is 5.32 Å². The van der Waals surface area contributed by atoms with Crippen LogP contribution in [0.4, 0.5) is 13.2 Å². The van der Waals surface area contributed by atoms with Crippen LogP contribution in [0.5, 0.6) is 0 Å². The summed E-state index contributed by atoms with van der Waals surface area (Å²) < 4.78 is 41.3. The van der Waals surface area contributed by atoms with E-state index in [1.807, 2.05) is 0 Å². The molecule has 6 heteroatoms. The fourth-order valence-corrected chi connectivity index (χ4v) is 3.32. The molecule has 0 aliphatic heterocycles. The van der Waals surface area contributed by atoms with Gasteiger partial charge in [0.05, 0.1) is 4.47 Å². The molecule has 0 aromatic heterocycles. The minimum Gasteiger partial charge on any atom is -0.312 e. The van der Waals surface area contributed by atoms with Crippen LogP contribution in [0.25, 0.3) is 0 Å². The quantitative estimate of drug-likeness (QED) is 0.587. The number of thioether (sulfide) groups is 1. The van der Waals surface area contributed by atoms with Crippen LogP contribution in [-0.2, 0) is 0 Å². The number of rotatable bonds is 5. The molecule has 2 aromatic rings. The van der Waals surface area contributed by atoms with Crippen molar-refractivity contribution in [2.45, 2.75) is 10.9 Å². The summed E-state index contributed by atoms with van der Waals surface area (Å²) in [7, 11) is 1.64. The predicted octanol–water partition coefficient (Wildman–Crippen LogP) is 4.92. The molecule has 1 N–H and O–H groups in total. The van der Waals surface area contributed by atoms with Gasteiger partial charge in [0.2, 0.25) is 0 Å². The highest BCUT2D eigenvalue weighted by atomic mass is 79.9. The Kier molecular flexibility index (Phi) is 5.72. The Hall–Kier alpha value is -0.980. The number of halogens is 4. The number of hydrogen-bond acceptors (Lipinski definition) is 2. The molecule has 0 amide bonds. The van der Waals surface area contributed by atoms with Crippen LogP contribution in [0.2, 0.25) is 0 Å². The lowest BCUT2D eigenvalue weighted by Gasteiger charge is -2.18. The third-order valence-corrected chi connectivity index (χ3v) is 4.69. The Morgan fingerprint density at radius 1 is 1.19 bits per heavy atom. The molecule has 0 fully saturated rings. The van der Waals surface area contributed by atoms with Crippen molar-refractivity contribution in [2.24, 2.45) is 0 Å². The first kappa shape index (κ1) is 16.4. The van der Waals surface area contributed by atoms with Crippen LogP contribution in [0.1, 0.15) is 11.6 Å². The largest absolute Gasteiger partial charge is 0.312 e. The zero-order valence-electron chi connectivity index (χ0n) is 11.2. The highest BCUT2D eigenvalue weighted by molar-refractivity contribution is 9.10. The highest BCUT2D eigenvalue weighted by Gasteiger charge is 2.21. The average molecular weight is 376 g/mol. The topological polar surface area (TPSA) is 12.0 Å². The molecule has 0 radical (unpaired) electrons. The maximum atomic E-state index is 14.1. The van der Waals surface area contributed by atoms with E-state index in [1.54, 1.807) is 19.2 Å². The molecule has 0 aliphatic carbocycles. The van der Waals surface area contributed by atoms with Gasteiger partial charge >= 0.3 is 0 Å². The van der Waals surface area contributed by atoms with Crippen LogP contribution in [0.3, 0.4) is 0 Å². The summed E-state index contributed by atoms with van der Waals surface area (Å²) in [4.78, 5) is 0.714. The van der Waals surface area contributed by atoms with Gasteiger partial charge in [0.25, 0.3) is 0 Å². The molecule has 0 saturated heterocycles. The molecule has 1 atom stereocenters. The molecular weight excluding hydrogens is 363 g/mol. The number of nitrogens with one attached hydrogen (secondary N) is 1. The SMILES string of the molecule is CNC(CSc1cccc(F)c1)c1c(F)ccc(Br)c1F. The van der Waals surface area contributed by atoms with Gasteiger partial charge in [-0.3, -0.25) is 0 Å². The van der Waals surface area contributed by atoms with E-state index in [0.717, 1.165) is 0 Å². The summed E-state index contributed by atoms with van der Waals surface area (Å²) >= 11 is 4.39. The zero-order valence-corrected chi connectivity index (χ0v) is 13.6. The zero-order chi connectivity index (χ0) is 15.4. The molecule has 0 bridgehead atoms. The van der Waals surface area contributed by atoms with Crippen molar-refractivity contribution >= 4 is 27.7 Å². The number of hydrogen-bond donors (Lipinski definition) is 1. The molecular formula is C15H13BrF3NS. The minimum absolute atomic E-state index is 0.0178. The Bertz CT molecular complexity index is 636. The highest BCUT2D eigenvalue weighted by Crippen LogP contribution is 2.30. The Morgan fingerprint density at radius 2 is 1.95 bits per heavy atom. The van der Waals surface area contributed by atoms with Crippen LogP contribution in [0.15, 0.2) is 45.8 Å². The standard InChI is InChI=1S/C15H13BrF3NS/c1-20-13(8-21-10-4-2-3-9(17)7-10)14-12(18)6-5-11(16)15(14)19/h2-7,13,20H,8H2,1H3. The maximum absolute atomic E-state index is 14.1. The van der Waals surface area contributed by atoms with Gasteiger partial charge < -0.3 is 5.32 Å². The van der Waals surface area contributed by atoms with Crippen LogP contribution in [-0.4, -0.2) is 12.8 Å². The Labute approximate surface area is 134 Å². The van der Waals surface area contributed by atoms with Crippen molar-refractivity contribution in [3.05, 3.63) is 63.9 Å². The number of benzene rings is 2. The fourth-order valence-electron chi connectivity index (χ4n) is 1.91. The van der Waals surface area contributed by atoms with E-state index in [1.165, 1.54) is 36.0 Å². The van der Waals surface area contributed by atoms with E-state index >= 15 is 0 Å². The van der Waals surface area contributed by atoms with Crippen molar-refractivity contribution in [2.75, 3.05) is 12.8 Å². The summed E-state index contributed by atoms with van der Waals surface area (Å²) in [5.41, 5.74) is -0.0178. The maximum Gasteiger partial charge on any atom is 0.145 e. The molecule has 2 aromatic carbocycles. The van der Waals surface area contributed by atoms with Gasteiger partial charge in [0.1, 0.15) is 17.5 Å². The Balaban J connectivity index is 2.19. The molecule has 1 nitrogen and oxygen atoms in total. The van der Waals surface area contributed by atoms with Crippen LogP contribution in [0, 0.1) is 17.5 Å². The summed E-state index contributed by atoms with van der Waals surface area (Å²) in [6.45, 7) is 0. The molecule has 0 spiro atoms. The minimum atomic E-state index is -0.616. The first-order valence-electron chi connectivity index (χ1n) is 6.22. The lowest BCUT2D eigenvalue weighted by atomic mass is 10.1. The molecule has 0 heterocycles. The summed E-state index contributed by atoms with van der Waals surface area (Å²) in [6, 6.07) is 8.15. The van der Waals surface area contributed by atoms with Gasteiger partial charge in [-0.25, -0.2) is 13.2 Å². The molecule has 0 saturated carbocycles. The van der Waals surface area contributed by atoms with E-state index in [2.05, 4.69) is 21.2 Å². The first-order valence-corrected chi connectivity index (χ1v) is 7.99. The van der Waals surface area contributed by atoms with Gasteiger partial charge in [-0.15, -0.1) is 11.8 Å². The summed E-state index contributed by atoms with van der Waals surface area (Å²) in [5, 5.41) is 2.90. The van der Waals surface area contributed by atoms with E-state index in [9.17, 15) is 13.2 Å². The fraction of sp³-hybridized carbons (Fsp3) is 0.200. The molecule has 2 rings (SSSR count). The van der Waals surface area contributed by atoms with Gasteiger partial charge in [-0.05, 0) is 53.3 Å². The second-order valence-electron chi connectivity index (χ2n) is 4.37. The molecule has 21 heavy (non-hydrogen) atoms. The second kappa shape index (κ2) is 7.33. The Morgan fingerprint density at radius 3 is 2.62 bits per heavy atom. The third kappa shape index (κ3) is 4.02. The second-order valence-corrected chi connectivity index (χ2v) is 6.31. The molecule has 0 aliphatic rings. The predicted molar refractivity (Wildman–Crippen MR) is 83.0 cm³/mol. The van der Waals surface area contributed by atoms with E-state index in [4.69, 9.17) is 0 Å². The van der Waals surface area contributed by atoms with Gasteiger partial charge in [0, 0.05) is 22.3 Å². The average Bonchev–Trinajstić information content (AvgIpc) is 2.46. The van der Waals surface area contributed by atoms with Crippen molar-refractivity contribution in [3.8, 4) is 0 Å². The normalized spacial score (nSPS) is 12.4. The lowest BCUT2D eigenvalue weighted by molar-refractivity contribution is 0.510. The monoisotopic (exact) mass is 375 g/mol. The van der Waals surface area contributed by atoms with Crippen LogP contribution < -0.4 is 5.32 Å². The van der Waals surface area contributed by atoms with Gasteiger partial charge in [0.15, 0.2) is 0 Å². The van der Waals surface area contributed by atoms with E-state index in [-0.39, 0.29) is 15.9 Å². The van der Waals surface area contributed by atoms with Crippen molar-refractivity contribution in [1.29, 1.82) is 0 Å². The summed E-state index contributed by atoms with van der Waals surface area (Å²) in [6.07, 6.45) is 0.